The number of hydrogen-bond acceptors (Lipinski definition) is 2. The van der Waals surface area contributed by atoms with Crippen LogP contribution >= 0.6 is 0 Å². The van der Waals surface area contributed by atoms with Crippen LogP contribution in [0.2, 0.25) is 0 Å². The second-order valence-corrected chi connectivity index (χ2v) is 2.80. The van der Waals surface area contributed by atoms with E-state index in [1.54, 1.807) is 0 Å². The molecular formula is C8H10F3N2O. The first-order chi connectivity index (χ1) is 6.41. The van der Waals surface area contributed by atoms with Gasteiger partial charge < -0.3 is 5.11 Å². The number of aryl methyl sites for hydroxylation is 1. The Morgan fingerprint density at radius 1 is 1.50 bits per heavy atom. The summed E-state index contributed by atoms with van der Waals surface area (Å²) in [6.07, 6.45) is -4.50. The number of aliphatic hydroxyl groups is 1. The van der Waals surface area contributed by atoms with E-state index in [1.165, 1.54) is 7.05 Å². The first-order valence-electron chi connectivity index (χ1n) is 3.93. The maximum atomic E-state index is 12.5. The van der Waals surface area contributed by atoms with E-state index in [1.807, 2.05) is 0 Å². The molecule has 0 unspecified atom stereocenters. The second kappa shape index (κ2) is 3.61. The minimum atomic E-state index is -4.49. The van der Waals surface area contributed by atoms with Gasteiger partial charge in [-0.05, 0) is 13.3 Å². The molecule has 1 aromatic heterocycles. The van der Waals surface area contributed by atoms with E-state index in [9.17, 15) is 13.2 Å². The van der Waals surface area contributed by atoms with Crippen molar-refractivity contribution in [2.24, 2.45) is 7.05 Å². The normalized spacial score (nSPS) is 12.1. The topological polar surface area (TPSA) is 38.1 Å². The molecule has 1 heterocycles. The highest BCUT2D eigenvalue weighted by molar-refractivity contribution is 5.29. The third-order valence-electron chi connectivity index (χ3n) is 1.91. The van der Waals surface area contributed by atoms with Gasteiger partial charge in [-0.2, -0.15) is 18.3 Å². The minimum absolute atomic E-state index is 0.0125. The molecule has 1 N–H and O–H groups in total. The van der Waals surface area contributed by atoms with Gasteiger partial charge >= 0.3 is 6.18 Å². The SMILES string of the molecule is [CH2]Cc1c(C(F)(F)F)c(CO)nn1C. The smallest absolute Gasteiger partial charge is 0.390 e. The lowest BCUT2D eigenvalue weighted by Gasteiger charge is -2.08. The lowest BCUT2D eigenvalue weighted by Crippen LogP contribution is -2.11. The van der Waals surface area contributed by atoms with Crippen molar-refractivity contribution in [1.82, 2.24) is 9.78 Å². The first-order valence-corrected chi connectivity index (χ1v) is 3.93. The summed E-state index contributed by atoms with van der Waals surface area (Å²) in [5, 5.41) is 12.3. The standard InChI is InChI=1S/C8H10F3N2O/c1-3-6-7(8(9,10)11)5(4-14)12-13(6)2/h14H,1,3-4H2,2H3. The second-order valence-electron chi connectivity index (χ2n) is 2.80. The fourth-order valence-electron chi connectivity index (χ4n) is 1.34. The van der Waals surface area contributed by atoms with E-state index in [4.69, 9.17) is 5.11 Å². The number of alkyl halides is 3. The van der Waals surface area contributed by atoms with E-state index in [0.29, 0.717) is 0 Å². The van der Waals surface area contributed by atoms with Gasteiger partial charge in [0.15, 0.2) is 0 Å². The third-order valence-corrected chi connectivity index (χ3v) is 1.91. The quantitative estimate of drug-likeness (QED) is 0.793. The molecule has 0 saturated heterocycles. The Kier molecular flexibility index (Phi) is 2.84. The van der Waals surface area contributed by atoms with E-state index in [0.717, 1.165) is 4.68 Å². The lowest BCUT2D eigenvalue weighted by molar-refractivity contribution is -0.139. The van der Waals surface area contributed by atoms with Crippen molar-refractivity contribution in [2.45, 2.75) is 19.2 Å². The van der Waals surface area contributed by atoms with Gasteiger partial charge in [-0.15, -0.1) is 0 Å². The van der Waals surface area contributed by atoms with Crippen LogP contribution in [0.25, 0.3) is 0 Å². The molecule has 1 rings (SSSR count). The summed E-state index contributed by atoms with van der Waals surface area (Å²) >= 11 is 0. The van der Waals surface area contributed by atoms with Crippen molar-refractivity contribution in [2.75, 3.05) is 0 Å². The Balaban J connectivity index is 3.36. The fourth-order valence-corrected chi connectivity index (χ4v) is 1.34. The summed E-state index contributed by atoms with van der Waals surface area (Å²) < 4.78 is 38.6. The van der Waals surface area contributed by atoms with E-state index < -0.39 is 18.3 Å². The van der Waals surface area contributed by atoms with Crippen LogP contribution in [0.5, 0.6) is 0 Å². The van der Waals surface area contributed by atoms with Gasteiger partial charge in [0, 0.05) is 7.05 Å². The molecule has 0 bridgehead atoms. The van der Waals surface area contributed by atoms with E-state index >= 15 is 0 Å². The van der Waals surface area contributed by atoms with Crippen LogP contribution in [0, 0.1) is 6.92 Å². The van der Waals surface area contributed by atoms with Gasteiger partial charge in [0.25, 0.3) is 0 Å². The van der Waals surface area contributed by atoms with E-state index in [-0.39, 0.29) is 17.8 Å². The van der Waals surface area contributed by atoms with Crippen LogP contribution in [-0.4, -0.2) is 14.9 Å². The van der Waals surface area contributed by atoms with Gasteiger partial charge in [0.05, 0.1) is 12.3 Å². The number of nitrogens with zero attached hydrogens (tertiary/aromatic N) is 2. The number of aliphatic hydroxyl groups excluding tert-OH is 1. The van der Waals surface area contributed by atoms with Crippen molar-refractivity contribution in [1.29, 1.82) is 0 Å². The van der Waals surface area contributed by atoms with Crippen LogP contribution < -0.4 is 0 Å². The third kappa shape index (κ3) is 1.75. The molecule has 0 aliphatic carbocycles. The van der Waals surface area contributed by atoms with Crippen LogP contribution in [0.15, 0.2) is 0 Å². The zero-order valence-corrected chi connectivity index (χ0v) is 7.60. The monoisotopic (exact) mass is 207 g/mol. The predicted molar refractivity (Wildman–Crippen MR) is 43.2 cm³/mol. The summed E-state index contributed by atoms with van der Waals surface area (Å²) in [4.78, 5) is 0. The van der Waals surface area contributed by atoms with Crippen molar-refractivity contribution in [3.05, 3.63) is 23.9 Å². The van der Waals surface area contributed by atoms with Crippen molar-refractivity contribution in [3.8, 4) is 0 Å². The highest BCUT2D eigenvalue weighted by Crippen LogP contribution is 2.34. The maximum Gasteiger partial charge on any atom is 0.420 e. The molecule has 3 nitrogen and oxygen atoms in total. The molecule has 0 atom stereocenters. The number of halogens is 3. The van der Waals surface area contributed by atoms with Gasteiger partial charge in [-0.1, -0.05) is 0 Å². The molecule has 0 aliphatic heterocycles. The molecule has 79 valence electrons. The molecule has 0 aliphatic rings. The minimum Gasteiger partial charge on any atom is -0.390 e. The average Bonchev–Trinajstić information content (AvgIpc) is 2.40. The zero-order valence-electron chi connectivity index (χ0n) is 7.60. The van der Waals surface area contributed by atoms with Crippen molar-refractivity contribution < 1.29 is 18.3 Å². The van der Waals surface area contributed by atoms with Crippen LogP contribution in [0.4, 0.5) is 13.2 Å². The van der Waals surface area contributed by atoms with Gasteiger partial charge in [-0.3, -0.25) is 4.68 Å². The van der Waals surface area contributed by atoms with Crippen molar-refractivity contribution in [3.63, 3.8) is 0 Å². The summed E-state index contributed by atoms with van der Waals surface area (Å²) in [6, 6.07) is 0. The largest absolute Gasteiger partial charge is 0.420 e. The van der Waals surface area contributed by atoms with E-state index in [2.05, 4.69) is 12.0 Å². The highest BCUT2D eigenvalue weighted by Gasteiger charge is 2.38. The molecule has 6 heteroatoms. The van der Waals surface area contributed by atoms with Crippen molar-refractivity contribution >= 4 is 0 Å². The Morgan fingerprint density at radius 3 is 2.43 bits per heavy atom. The number of hydrogen-bond donors (Lipinski definition) is 1. The summed E-state index contributed by atoms with van der Waals surface area (Å²) in [6.45, 7) is 2.68. The Morgan fingerprint density at radius 2 is 2.07 bits per heavy atom. The van der Waals surface area contributed by atoms with Gasteiger partial charge in [0.1, 0.15) is 11.3 Å². The summed E-state index contributed by atoms with van der Waals surface area (Å²) in [5.41, 5.74) is -1.22. The Hall–Kier alpha value is -1.04. The highest BCUT2D eigenvalue weighted by atomic mass is 19.4. The molecule has 0 amide bonds. The molecule has 0 saturated carbocycles. The van der Waals surface area contributed by atoms with Gasteiger partial charge in [0.2, 0.25) is 0 Å². The number of rotatable bonds is 2. The Bertz CT molecular complexity index is 330. The fraction of sp³-hybridized carbons (Fsp3) is 0.500. The lowest BCUT2D eigenvalue weighted by atomic mass is 10.1. The summed E-state index contributed by atoms with van der Waals surface area (Å²) in [5.74, 6) is 0. The van der Waals surface area contributed by atoms with Crippen LogP contribution in [-0.2, 0) is 26.3 Å². The number of aromatic nitrogens is 2. The first kappa shape index (κ1) is 11.0. The molecule has 1 radical (unpaired) electrons. The zero-order chi connectivity index (χ0) is 10.9. The molecule has 0 aromatic carbocycles. The average molecular weight is 207 g/mol. The molecule has 0 spiro atoms. The van der Waals surface area contributed by atoms with Crippen LogP contribution in [0.1, 0.15) is 17.0 Å². The van der Waals surface area contributed by atoms with Gasteiger partial charge in [-0.25, -0.2) is 0 Å². The summed E-state index contributed by atoms with van der Waals surface area (Å²) in [7, 11) is 1.40. The predicted octanol–water partition coefficient (Wildman–Crippen LogP) is 1.31. The molecule has 1 aromatic rings. The molecular weight excluding hydrogens is 197 g/mol. The molecule has 14 heavy (non-hydrogen) atoms. The van der Waals surface area contributed by atoms with Crippen LogP contribution in [0.3, 0.4) is 0 Å². The maximum absolute atomic E-state index is 12.5. The molecule has 0 fully saturated rings. The Labute approximate surface area is 79.2 Å².